The number of piperazine rings is 1. The highest BCUT2D eigenvalue weighted by atomic mass is 19.4. The fourth-order valence-corrected chi connectivity index (χ4v) is 3.76. The van der Waals surface area contributed by atoms with Crippen molar-refractivity contribution < 1.29 is 27.8 Å². The predicted molar refractivity (Wildman–Crippen MR) is 105 cm³/mol. The van der Waals surface area contributed by atoms with E-state index in [1.165, 1.54) is 17.0 Å². The van der Waals surface area contributed by atoms with Crippen LogP contribution in [0.15, 0.2) is 47.5 Å². The lowest BCUT2D eigenvalue weighted by Crippen LogP contribution is -2.56. The molecule has 0 radical (unpaired) electrons. The van der Waals surface area contributed by atoms with Gasteiger partial charge in [-0.15, -0.1) is 0 Å². The van der Waals surface area contributed by atoms with Gasteiger partial charge >= 0.3 is 12.3 Å². The Labute approximate surface area is 171 Å². The SMILES string of the molecule is O=C(O)N1CCNCC1C1=NCCOc2ccc(-c3ccc(C(F)(F)F)cc3)cc21. The van der Waals surface area contributed by atoms with Crippen molar-refractivity contribution in [3.05, 3.63) is 53.6 Å². The van der Waals surface area contributed by atoms with E-state index >= 15 is 0 Å². The highest BCUT2D eigenvalue weighted by Gasteiger charge is 2.33. The van der Waals surface area contributed by atoms with E-state index in [4.69, 9.17) is 4.74 Å². The maximum atomic E-state index is 12.9. The molecule has 2 aromatic carbocycles. The Balaban J connectivity index is 1.73. The number of alkyl halides is 3. The first-order valence-corrected chi connectivity index (χ1v) is 9.54. The van der Waals surface area contributed by atoms with Crippen molar-refractivity contribution in [1.29, 1.82) is 0 Å². The highest BCUT2D eigenvalue weighted by Crippen LogP contribution is 2.33. The minimum atomic E-state index is -4.39. The number of halogens is 3. The third kappa shape index (κ3) is 3.97. The maximum Gasteiger partial charge on any atom is 0.416 e. The molecule has 0 spiro atoms. The van der Waals surface area contributed by atoms with Crippen LogP contribution in [0.25, 0.3) is 11.1 Å². The first-order chi connectivity index (χ1) is 14.3. The van der Waals surface area contributed by atoms with Crippen molar-refractivity contribution in [2.24, 2.45) is 4.99 Å². The molecule has 30 heavy (non-hydrogen) atoms. The Morgan fingerprint density at radius 2 is 1.90 bits per heavy atom. The fourth-order valence-electron chi connectivity index (χ4n) is 3.76. The summed E-state index contributed by atoms with van der Waals surface area (Å²) in [6.07, 6.45) is -5.41. The van der Waals surface area contributed by atoms with Crippen LogP contribution in [0.4, 0.5) is 18.0 Å². The average molecular weight is 419 g/mol. The number of rotatable bonds is 2. The number of benzene rings is 2. The molecule has 9 heteroatoms. The Bertz CT molecular complexity index is 974. The summed E-state index contributed by atoms with van der Waals surface area (Å²) in [6.45, 7) is 2.08. The minimum Gasteiger partial charge on any atom is -0.491 e. The average Bonchev–Trinajstić information content (AvgIpc) is 2.95. The van der Waals surface area contributed by atoms with Gasteiger partial charge < -0.3 is 15.2 Å². The maximum absolute atomic E-state index is 12.9. The van der Waals surface area contributed by atoms with Crippen LogP contribution in [0.1, 0.15) is 11.1 Å². The summed E-state index contributed by atoms with van der Waals surface area (Å²) in [5, 5.41) is 12.8. The lowest BCUT2D eigenvalue weighted by Gasteiger charge is -2.35. The number of hydrogen-bond donors (Lipinski definition) is 2. The molecule has 0 saturated carbocycles. The smallest absolute Gasteiger partial charge is 0.416 e. The molecule has 1 atom stereocenters. The molecule has 6 nitrogen and oxygen atoms in total. The molecule has 2 aliphatic rings. The van der Waals surface area contributed by atoms with Gasteiger partial charge in [0.2, 0.25) is 0 Å². The number of ether oxygens (including phenoxy) is 1. The summed E-state index contributed by atoms with van der Waals surface area (Å²) in [5.41, 5.74) is 1.87. The van der Waals surface area contributed by atoms with Crippen molar-refractivity contribution in [3.8, 4) is 16.9 Å². The van der Waals surface area contributed by atoms with Crippen molar-refractivity contribution >= 4 is 11.8 Å². The molecule has 0 aromatic heterocycles. The molecule has 2 N–H and O–H groups in total. The van der Waals surface area contributed by atoms with Gasteiger partial charge in [-0.05, 0) is 35.4 Å². The van der Waals surface area contributed by atoms with Crippen LogP contribution in [-0.2, 0) is 6.18 Å². The second kappa shape index (κ2) is 7.98. The Morgan fingerprint density at radius 3 is 2.60 bits per heavy atom. The lowest BCUT2D eigenvalue weighted by molar-refractivity contribution is -0.137. The van der Waals surface area contributed by atoms with Crippen molar-refractivity contribution in [3.63, 3.8) is 0 Å². The van der Waals surface area contributed by atoms with Crippen LogP contribution in [0, 0.1) is 0 Å². The summed E-state index contributed by atoms with van der Waals surface area (Å²) in [5.74, 6) is 0.581. The third-order valence-electron chi connectivity index (χ3n) is 5.24. The lowest BCUT2D eigenvalue weighted by atomic mass is 9.95. The van der Waals surface area contributed by atoms with Crippen LogP contribution in [0.5, 0.6) is 5.75 Å². The van der Waals surface area contributed by atoms with Gasteiger partial charge in [0.15, 0.2) is 0 Å². The first kappa shape index (κ1) is 20.2. The summed E-state index contributed by atoms with van der Waals surface area (Å²) in [6, 6.07) is 9.79. The van der Waals surface area contributed by atoms with E-state index in [1.54, 1.807) is 18.2 Å². The van der Waals surface area contributed by atoms with E-state index in [1.807, 2.05) is 0 Å². The van der Waals surface area contributed by atoms with Gasteiger partial charge in [0.25, 0.3) is 0 Å². The quantitative estimate of drug-likeness (QED) is 0.782. The highest BCUT2D eigenvalue weighted by molar-refractivity contribution is 6.08. The Hall–Kier alpha value is -3.07. The fraction of sp³-hybridized carbons (Fsp3) is 0.333. The van der Waals surface area contributed by atoms with Crippen LogP contribution >= 0.6 is 0 Å². The third-order valence-corrected chi connectivity index (χ3v) is 5.24. The standard InChI is InChI=1S/C21H20F3N3O3/c22-21(23,24)15-4-1-13(2-5-15)14-3-6-18-16(11-14)19(26-8-10-30-18)17-12-25-7-9-27(17)20(28)29/h1-6,11,17,25H,7-10,12H2,(H,28,29). The van der Waals surface area contributed by atoms with Crippen LogP contribution in [0.3, 0.4) is 0 Å². The number of fused-ring (bicyclic) bond motifs is 1. The second-order valence-corrected chi connectivity index (χ2v) is 7.10. The molecule has 1 fully saturated rings. The summed E-state index contributed by atoms with van der Waals surface area (Å²) >= 11 is 0. The monoisotopic (exact) mass is 419 g/mol. The second-order valence-electron chi connectivity index (χ2n) is 7.10. The number of hydrogen-bond acceptors (Lipinski definition) is 4. The number of nitrogens with one attached hydrogen (secondary N) is 1. The Kier molecular flexibility index (Phi) is 5.38. The van der Waals surface area contributed by atoms with Crippen LogP contribution in [-0.4, -0.2) is 60.6 Å². The Morgan fingerprint density at radius 1 is 1.17 bits per heavy atom. The zero-order chi connectivity index (χ0) is 21.3. The number of carbonyl (C=O) groups is 1. The minimum absolute atomic E-state index is 0.341. The van der Waals surface area contributed by atoms with Crippen molar-refractivity contribution in [1.82, 2.24) is 10.2 Å². The largest absolute Gasteiger partial charge is 0.491 e. The van der Waals surface area contributed by atoms with E-state index in [2.05, 4.69) is 10.3 Å². The summed E-state index contributed by atoms with van der Waals surface area (Å²) < 4.78 is 44.4. The van der Waals surface area contributed by atoms with Gasteiger partial charge in [-0.2, -0.15) is 13.2 Å². The molecule has 2 aliphatic heterocycles. The molecule has 1 unspecified atom stereocenters. The zero-order valence-electron chi connectivity index (χ0n) is 15.9. The molecule has 1 saturated heterocycles. The van der Waals surface area contributed by atoms with Crippen LogP contribution < -0.4 is 10.1 Å². The van der Waals surface area contributed by atoms with Gasteiger partial charge in [-0.25, -0.2) is 4.79 Å². The topological polar surface area (TPSA) is 74.2 Å². The van der Waals surface area contributed by atoms with E-state index in [9.17, 15) is 23.1 Å². The summed E-state index contributed by atoms with van der Waals surface area (Å²) in [4.78, 5) is 17.7. The predicted octanol–water partition coefficient (Wildman–Crippen LogP) is 3.51. The van der Waals surface area contributed by atoms with Gasteiger partial charge in [-0.3, -0.25) is 9.89 Å². The van der Waals surface area contributed by atoms with Crippen molar-refractivity contribution in [2.45, 2.75) is 12.2 Å². The number of nitrogens with zero attached hydrogens (tertiary/aromatic N) is 2. The van der Waals surface area contributed by atoms with Crippen LogP contribution in [0.2, 0.25) is 0 Å². The number of carboxylic acid groups (broad SMARTS) is 1. The number of aliphatic imine (C=N–C) groups is 1. The normalized spacial score (nSPS) is 19.4. The first-order valence-electron chi connectivity index (χ1n) is 9.54. The molecule has 0 aliphatic carbocycles. The van der Waals surface area contributed by atoms with E-state index in [-0.39, 0.29) is 0 Å². The van der Waals surface area contributed by atoms with Gasteiger partial charge in [0.05, 0.1) is 23.9 Å². The molecule has 158 valence electrons. The molecular formula is C21H20F3N3O3. The zero-order valence-corrected chi connectivity index (χ0v) is 15.9. The molecule has 2 aromatic rings. The number of amides is 1. The molecule has 4 rings (SSSR count). The van der Waals surface area contributed by atoms with Crippen molar-refractivity contribution in [2.75, 3.05) is 32.8 Å². The molecular weight excluding hydrogens is 399 g/mol. The van der Waals surface area contributed by atoms with Gasteiger partial charge in [0.1, 0.15) is 12.4 Å². The van der Waals surface area contributed by atoms with Gasteiger partial charge in [-0.1, -0.05) is 18.2 Å². The van der Waals surface area contributed by atoms with E-state index in [0.717, 1.165) is 12.1 Å². The summed E-state index contributed by atoms with van der Waals surface area (Å²) in [7, 11) is 0. The molecule has 0 bridgehead atoms. The van der Waals surface area contributed by atoms with E-state index in [0.29, 0.717) is 60.9 Å². The van der Waals surface area contributed by atoms with E-state index < -0.39 is 23.9 Å². The molecule has 1 amide bonds. The van der Waals surface area contributed by atoms with Gasteiger partial charge in [0, 0.05) is 25.2 Å². The molecule has 2 heterocycles.